The zero-order valence-electron chi connectivity index (χ0n) is 15.9. The molecular weight excluding hydrogens is 364 g/mol. The first-order chi connectivity index (χ1) is 13.0. The van der Waals surface area contributed by atoms with E-state index in [4.69, 9.17) is 20.8 Å². The van der Waals surface area contributed by atoms with Crippen LogP contribution in [0.1, 0.15) is 30.8 Å². The maximum Gasteiger partial charge on any atom is 0.287 e. The molecular formula is C21H27ClN2O3. The second-order valence-corrected chi connectivity index (χ2v) is 7.75. The van der Waals surface area contributed by atoms with E-state index in [1.807, 2.05) is 18.2 Å². The van der Waals surface area contributed by atoms with Crippen LogP contribution in [0.5, 0.6) is 0 Å². The average Bonchev–Trinajstić information content (AvgIpc) is 3.16. The number of hydrogen-bond acceptors (Lipinski definition) is 4. The summed E-state index contributed by atoms with van der Waals surface area (Å²) in [4.78, 5) is 15.0. The molecule has 0 saturated carbocycles. The van der Waals surface area contributed by atoms with Gasteiger partial charge in [0.05, 0.1) is 13.2 Å². The Morgan fingerprint density at radius 2 is 1.85 bits per heavy atom. The van der Waals surface area contributed by atoms with Crippen LogP contribution in [0, 0.1) is 5.92 Å². The van der Waals surface area contributed by atoms with Crippen LogP contribution >= 0.6 is 11.6 Å². The minimum absolute atomic E-state index is 0.183. The van der Waals surface area contributed by atoms with Crippen molar-refractivity contribution in [1.29, 1.82) is 0 Å². The first kappa shape index (κ1) is 19.9. The summed E-state index contributed by atoms with van der Waals surface area (Å²) in [6, 6.07) is 11.2. The second kappa shape index (κ2) is 9.40. The molecule has 0 spiro atoms. The highest BCUT2D eigenvalue weighted by Crippen LogP contribution is 2.24. The van der Waals surface area contributed by atoms with E-state index in [-0.39, 0.29) is 5.91 Å². The van der Waals surface area contributed by atoms with Crippen LogP contribution < -0.4 is 5.32 Å². The molecule has 3 rings (SSSR count). The van der Waals surface area contributed by atoms with Crippen LogP contribution in [0.2, 0.25) is 5.02 Å². The maximum absolute atomic E-state index is 12.5. The molecule has 0 radical (unpaired) electrons. The Morgan fingerprint density at radius 1 is 1.15 bits per heavy atom. The van der Waals surface area contributed by atoms with Crippen molar-refractivity contribution in [3.8, 4) is 11.3 Å². The summed E-state index contributed by atoms with van der Waals surface area (Å²) < 4.78 is 11.2. The van der Waals surface area contributed by atoms with Gasteiger partial charge in [0.2, 0.25) is 0 Å². The summed E-state index contributed by atoms with van der Waals surface area (Å²) in [6.45, 7) is 8.36. The molecule has 1 amide bonds. The molecule has 0 bridgehead atoms. The predicted octanol–water partition coefficient (Wildman–Crippen LogP) is 4.08. The van der Waals surface area contributed by atoms with Gasteiger partial charge < -0.3 is 14.5 Å². The Morgan fingerprint density at radius 3 is 2.52 bits per heavy atom. The van der Waals surface area contributed by atoms with Gasteiger partial charge in [-0.2, -0.15) is 0 Å². The van der Waals surface area contributed by atoms with E-state index >= 15 is 0 Å². The van der Waals surface area contributed by atoms with Crippen molar-refractivity contribution in [1.82, 2.24) is 10.2 Å². The fraction of sp³-hybridized carbons (Fsp3) is 0.476. The smallest absolute Gasteiger partial charge is 0.287 e. The molecule has 1 aromatic carbocycles. The lowest BCUT2D eigenvalue weighted by Gasteiger charge is -2.35. The predicted molar refractivity (Wildman–Crippen MR) is 107 cm³/mol. The van der Waals surface area contributed by atoms with E-state index < -0.39 is 0 Å². The van der Waals surface area contributed by atoms with E-state index in [0.717, 1.165) is 38.3 Å². The standard InChI is InChI=1S/C21H27ClN2O3/c1-15(2)13-18(24-9-11-26-12-10-24)14-23-21(25)20-8-7-19(27-20)16-3-5-17(22)6-4-16/h3-8,15,18H,9-14H2,1-2H3,(H,23,25). The van der Waals surface area contributed by atoms with Gasteiger partial charge in [-0.05, 0) is 48.7 Å². The van der Waals surface area contributed by atoms with Crippen molar-refractivity contribution in [3.63, 3.8) is 0 Å². The van der Waals surface area contributed by atoms with Gasteiger partial charge >= 0.3 is 0 Å². The SMILES string of the molecule is CC(C)CC(CNC(=O)c1ccc(-c2ccc(Cl)cc2)o1)N1CCOCC1. The van der Waals surface area contributed by atoms with Crippen molar-refractivity contribution >= 4 is 17.5 Å². The molecule has 1 N–H and O–H groups in total. The number of carbonyl (C=O) groups excluding carboxylic acids is 1. The normalized spacial score (nSPS) is 16.4. The zero-order valence-corrected chi connectivity index (χ0v) is 16.7. The first-order valence-electron chi connectivity index (χ1n) is 9.48. The summed E-state index contributed by atoms with van der Waals surface area (Å²) in [6.07, 6.45) is 1.04. The number of nitrogens with zero attached hydrogens (tertiary/aromatic N) is 1. The van der Waals surface area contributed by atoms with Gasteiger partial charge in [-0.25, -0.2) is 0 Å². The van der Waals surface area contributed by atoms with Crippen LogP contribution in [0.3, 0.4) is 0 Å². The van der Waals surface area contributed by atoms with Crippen LogP contribution in [0.4, 0.5) is 0 Å². The monoisotopic (exact) mass is 390 g/mol. The third-order valence-electron chi connectivity index (χ3n) is 4.76. The van der Waals surface area contributed by atoms with E-state index in [2.05, 4.69) is 24.1 Å². The molecule has 1 aliphatic heterocycles. The van der Waals surface area contributed by atoms with Crippen LogP contribution in [-0.4, -0.2) is 49.7 Å². The fourth-order valence-electron chi connectivity index (χ4n) is 3.38. The van der Waals surface area contributed by atoms with Crippen LogP contribution in [0.15, 0.2) is 40.8 Å². The topological polar surface area (TPSA) is 54.7 Å². The molecule has 1 atom stereocenters. The molecule has 2 heterocycles. The summed E-state index contributed by atoms with van der Waals surface area (Å²) in [5.74, 6) is 1.36. The molecule has 27 heavy (non-hydrogen) atoms. The maximum atomic E-state index is 12.5. The minimum Gasteiger partial charge on any atom is -0.451 e. The highest BCUT2D eigenvalue weighted by Gasteiger charge is 2.23. The molecule has 5 nitrogen and oxygen atoms in total. The Hall–Kier alpha value is -1.82. The van der Waals surface area contributed by atoms with Crippen molar-refractivity contribution in [2.75, 3.05) is 32.8 Å². The molecule has 1 fully saturated rings. The lowest BCUT2D eigenvalue weighted by molar-refractivity contribution is 0.0124. The van der Waals surface area contributed by atoms with E-state index in [0.29, 0.717) is 35.0 Å². The number of nitrogens with one attached hydrogen (secondary N) is 1. The van der Waals surface area contributed by atoms with Gasteiger partial charge in [0.1, 0.15) is 5.76 Å². The van der Waals surface area contributed by atoms with E-state index in [1.165, 1.54) is 0 Å². The van der Waals surface area contributed by atoms with Gasteiger partial charge in [-0.3, -0.25) is 9.69 Å². The minimum atomic E-state index is -0.183. The van der Waals surface area contributed by atoms with Crippen molar-refractivity contribution in [2.24, 2.45) is 5.92 Å². The number of ether oxygens (including phenoxy) is 1. The number of amides is 1. The number of hydrogen-bond donors (Lipinski definition) is 1. The largest absolute Gasteiger partial charge is 0.451 e. The number of carbonyl (C=O) groups is 1. The van der Waals surface area contributed by atoms with Crippen molar-refractivity contribution in [2.45, 2.75) is 26.3 Å². The van der Waals surface area contributed by atoms with Crippen LogP contribution in [-0.2, 0) is 4.74 Å². The third-order valence-corrected chi connectivity index (χ3v) is 5.01. The Kier molecular flexibility index (Phi) is 6.94. The Bertz CT molecular complexity index is 736. The summed E-state index contributed by atoms with van der Waals surface area (Å²) in [5.41, 5.74) is 0.893. The summed E-state index contributed by atoms with van der Waals surface area (Å²) in [7, 11) is 0. The lowest BCUT2D eigenvalue weighted by Crippen LogP contribution is -2.49. The molecule has 6 heteroatoms. The van der Waals surface area contributed by atoms with Gasteiger partial charge in [-0.15, -0.1) is 0 Å². The number of furan rings is 1. The van der Waals surface area contributed by atoms with E-state index in [9.17, 15) is 4.79 Å². The lowest BCUT2D eigenvalue weighted by atomic mass is 10.0. The van der Waals surface area contributed by atoms with Gasteiger partial charge in [0.25, 0.3) is 5.91 Å². The molecule has 0 aliphatic carbocycles. The molecule has 1 aliphatic rings. The first-order valence-corrected chi connectivity index (χ1v) is 9.86. The van der Waals surface area contributed by atoms with E-state index in [1.54, 1.807) is 18.2 Å². The quantitative estimate of drug-likeness (QED) is 0.774. The van der Waals surface area contributed by atoms with Crippen molar-refractivity contribution < 1.29 is 13.9 Å². The van der Waals surface area contributed by atoms with Gasteiger partial charge in [-0.1, -0.05) is 25.4 Å². The second-order valence-electron chi connectivity index (χ2n) is 7.31. The number of morpholine rings is 1. The van der Waals surface area contributed by atoms with Crippen molar-refractivity contribution in [3.05, 3.63) is 47.2 Å². The summed E-state index contributed by atoms with van der Waals surface area (Å²) >= 11 is 5.92. The summed E-state index contributed by atoms with van der Waals surface area (Å²) in [5, 5.41) is 3.71. The Balaban J connectivity index is 1.61. The third kappa shape index (κ3) is 5.58. The molecule has 1 unspecified atom stereocenters. The zero-order chi connectivity index (χ0) is 19.2. The highest BCUT2D eigenvalue weighted by molar-refractivity contribution is 6.30. The Labute approximate surface area is 165 Å². The van der Waals surface area contributed by atoms with Gasteiger partial charge in [0.15, 0.2) is 5.76 Å². The molecule has 146 valence electrons. The molecule has 1 saturated heterocycles. The number of halogens is 1. The molecule has 2 aromatic rings. The number of benzene rings is 1. The molecule has 1 aromatic heterocycles. The van der Waals surface area contributed by atoms with Gasteiger partial charge in [0, 0.05) is 36.3 Å². The number of rotatable bonds is 7. The average molecular weight is 391 g/mol. The van der Waals surface area contributed by atoms with Crippen LogP contribution in [0.25, 0.3) is 11.3 Å². The highest BCUT2D eigenvalue weighted by atomic mass is 35.5. The fourth-order valence-corrected chi connectivity index (χ4v) is 3.50.